The van der Waals surface area contributed by atoms with Gasteiger partial charge in [-0.05, 0) is 62.0 Å². The van der Waals surface area contributed by atoms with Gasteiger partial charge in [-0.1, -0.05) is 23.2 Å². The van der Waals surface area contributed by atoms with Crippen molar-refractivity contribution in [3.05, 3.63) is 56.8 Å². The molecule has 2 amide bonds. The van der Waals surface area contributed by atoms with Crippen molar-refractivity contribution in [3.63, 3.8) is 0 Å². The zero-order chi connectivity index (χ0) is 21.3. The van der Waals surface area contributed by atoms with E-state index in [1.54, 1.807) is 25.3 Å². The molecular weight excluding hydrogens is 433 g/mol. The Balaban J connectivity index is 2.01. The topological polar surface area (TPSA) is 63.6 Å². The summed E-state index contributed by atoms with van der Waals surface area (Å²) >= 11 is 17.2. The van der Waals surface area contributed by atoms with E-state index in [1.165, 1.54) is 11.0 Å². The Kier molecular flexibility index (Phi) is 6.43. The Labute approximate surface area is 184 Å². The number of methoxy groups -OCH3 is 1. The van der Waals surface area contributed by atoms with E-state index < -0.39 is 11.8 Å². The Morgan fingerprint density at radius 1 is 1.17 bits per heavy atom. The summed E-state index contributed by atoms with van der Waals surface area (Å²) in [5.74, 6) is -1.07. The Bertz CT molecular complexity index is 1050. The van der Waals surface area contributed by atoms with Gasteiger partial charge in [0.2, 0.25) is 0 Å². The van der Waals surface area contributed by atoms with Crippen LogP contribution in [0.2, 0.25) is 10.0 Å². The first-order valence-electron chi connectivity index (χ1n) is 8.76. The van der Waals surface area contributed by atoms with E-state index in [4.69, 9.17) is 40.2 Å². The molecule has 0 unspecified atom stereocenters. The fraction of sp³-hybridized carbons (Fsp3) is 0.250. The van der Waals surface area contributed by atoms with Gasteiger partial charge in [0, 0.05) is 25.0 Å². The number of hydrogen-bond donors (Lipinski definition) is 1. The van der Waals surface area contributed by atoms with Crippen molar-refractivity contribution in [1.29, 1.82) is 0 Å². The van der Waals surface area contributed by atoms with Crippen LogP contribution >= 0.6 is 35.4 Å². The molecule has 0 saturated carbocycles. The first-order chi connectivity index (χ1) is 13.7. The highest BCUT2D eigenvalue weighted by molar-refractivity contribution is 7.80. The monoisotopic (exact) mass is 451 g/mol. The third-order valence-corrected chi connectivity index (χ3v) is 5.72. The molecule has 2 aromatic rings. The summed E-state index contributed by atoms with van der Waals surface area (Å²) in [7, 11) is 1.64. The van der Waals surface area contributed by atoms with Gasteiger partial charge in [-0.25, -0.2) is 0 Å². The van der Waals surface area contributed by atoms with Crippen molar-refractivity contribution in [2.45, 2.75) is 20.4 Å². The van der Waals surface area contributed by atoms with Crippen LogP contribution in [-0.2, 0) is 20.9 Å². The van der Waals surface area contributed by atoms with E-state index >= 15 is 0 Å². The van der Waals surface area contributed by atoms with Crippen LogP contribution in [0.4, 0.5) is 5.69 Å². The maximum absolute atomic E-state index is 13.1. The van der Waals surface area contributed by atoms with Crippen molar-refractivity contribution in [1.82, 2.24) is 9.88 Å². The van der Waals surface area contributed by atoms with Crippen molar-refractivity contribution < 1.29 is 14.3 Å². The van der Waals surface area contributed by atoms with Crippen LogP contribution in [0, 0.1) is 13.8 Å². The number of anilines is 1. The Morgan fingerprint density at radius 2 is 1.90 bits per heavy atom. The number of amides is 2. The molecule has 1 fully saturated rings. The van der Waals surface area contributed by atoms with Gasteiger partial charge >= 0.3 is 0 Å². The van der Waals surface area contributed by atoms with Gasteiger partial charge < -0.3 is 9.30 Å². The first-order valence-corrected chi connectivity index (χ1v) is 9.93. The molecule has 2 heterocycles. The molecule has 29 heavy (non-hydrogen) atoms. The fourth-order valence-corrected chi connectivity index (χ4v) is 3.75. The summed E-state index contributed by atoms with van der Waals surface area (Å²) in [4.78, 5) is 26.9. The van der Waals surface area contributed by atoms with Crippen molar-refractivity contribution in [2.24, 2.45) is 0 Å². The van der Waals surface area contributed by atoms with E-state index in [9.17, 15) is 9.59 Å². The average molecular weight is 452 g/mol. The number of nitrogens with zero attached hydrogens (tertiary/aromatic N) is 2. The van der Waals surface area contributed by atoms with Crippen LogP contribution in [0.3, 0.4) is 0 Å². The van der Waals surface area contributed by atoms with Crippen LogP contribution in [0.1, 0.15) is 17.0 Å². The molecule has 1 aliphatic rings. The molecule has 1 N–H and O–H groups in total. The number of carbonyl (C=O) groups is 2. The maximum Gasteiger partial charge on any atom is 0.270 e. The molecule has 1 aromatic heterocycles. The van der Waals surface area contributed by atoms with Gasteiger partial charge in [0.05, 0.1) is 22.3 Å². The summed E-state index contributed by atoms with van der Waals surface area (Å²) < 4.78 is 7.22. The Morgan fingerprint density at radius 3 is 2.55 bits per heavy atom. The van der Waals surface area contributed by atoms with Gasteiger partial charge in [0.25, 0.3) is 11.8 Å². The number of carbonyl (C=O) groups excluding carboxylic acids is 2. The van der Waals surface area contributed by atoms with Gasteiger partial charge in [-0.3, -0.25) is 19.8 Å². The molecule has 0 spiro atoms. The maximum atomic E-state index is 13.1. The molecule has 1 saturated heterocycles. The van der Waals surface area contributed by atoms with Crippen LogP contribution in [0.5, 0.6) is 0 Å². The molecule has 0 atom stereocenters. The first kappa shape index (κ1) is 21.5. The molecule has 3 rings (SSSR count). The summed E-state index contributed by atoms with van der Waals surface area (Å²) in [6.45, 7) is 5.13. The number of hydrogen-bond acceptors (Lipinski definition) is 4. The normalized spacial score (nSPS) is 16.0. The van der Waals surface area contributed by atoms with E-state index in [1.807, 2.05) is 19.9 Å². The van der Waals surface area contributed by atoms with Gasteiger partial charge in [0.1, 0.15) is 5.57 Å². The third-order valence-electron chi connectivity index (χ3n) is 4.69. The number of aromatic nitrogens is 1. The van der Waals surface area contributed by atoms with Crippen LogP contribution in [0.15, 0.2) is 29.8 Å². The predicted octanol–water partition coefficient (Wildman–Crippen LogP) is 3.89. The lowest BCUT2D eigenvalue weighted by molar-refractivity contribution is -0.122. The van der Waals surface area contributed by atoms with Gasteiger partial charge in [-0.2, -0.15) is 0 Å². The fourth-order valence-electron chi connectivity index (χ4n) is 3.17. The molecule has 1 aromatic carbocycles. The van der Waals surface area contributed by atoms with Crippen LogP contribution in [-0.4, -0.2) is 35.2 Å². The quantitative estimate of drug-likeness (QED) is 0.425. The van der Waals surface area contributed by atoms with Crippen molar-refractivity contribution in [2.75, 3.05) is 18.6 Å². The number of benzene rings is 1. The standard InChI is InChI=1S/C20H19Cl2N3O3S/c1-11-8-13(12(2)24(11)6-7-28-3)9-15-18(26)23-20(29)25(19(15)27)14-4-5-16(21)17(22)10-14/h4-5,8-10H,6-7H2,1-3H3,(H,23,26,29)/b15-9-. The number of ether oxygens (including phenoxy) is 1. The zero-order valence-electron chi connectivity index (χ0n) is 16.1. The minimum Gasteiger partial charge on any atom is -0.383 e. The minimum atomic E-state index is -0.544. The van der Waals surface area contributed by atoms with Crippen molar-refractivity contribution >= 4 is 64.1 Å². The predicted molar refractivity (Wildman–Crippen MR) is 118 cm³/mol. The summed E-state index contributed by atoms with van der Waals surface area (Å²) in [6, 6.07) is 6.64. The smallest absolute Gasteiger partial charge is 0.270 e. The summed E-state index contributed by atoms with van der Waals surface area (Å²) in [5, 5.41) is 3.19. The molecule has 152 valence electrons. The molecule has 0 radical (unpaired) electrons. The highest BCUT2D eigenvalue weighted by Gasteiger charge is 2.35. The highest BCUT2D eigenvalue weighted by atomic mass is 35.5. The van der Waals surface area contributed by atoms with Gasteiger partial charge in [-0.15, -0.1) is 0 Å². The third kappa shape index (κ3) is 4.23. The summed E-state index contributed by atoms with van der Waals surface area (Å²) in [6.07, 6.45) is 1.58. The minimum absolute atomic E-state index is 0.0129. The van der Waals surface area contributed by atoms with E-state index in [2.05, 4.69) is 9.88 Å². The number of rotatable bonds is 5. The van der Waals surface area contributed by atoms with E-state index in [-0.39, 0.29) is 15.7 Å². The molecule has 1 aliphatic heterocycles. The second kappa shape index (κ2) is 8.67. The zero-order valence-corrected chi connectivity index (χ0v) is 18.4. The van der Waals surface area contributed by atoms with E-state index in [0.29, 0.717) is 23.9 Å². The molecule has 0 bridgehead atoms. The molecule has 6 nitrogen and oxygen atoms in total. The summed E-state index contributed by atoms with van der Waals surface area (Å²) in [5.41, 5.74) is 3.12. The van der Waals surface area contributed by atoms with E-state index in [0.717, 1.165) is 17.0 Å². The number of halogens is 2. The SMILES string of the molecule is COCCn1c(C)cc(/C=C2/C(=O)NC(=S)N(c3ccc(Cl)c(Cl)c3)C2=O)c1C. The number of nitrogens with one attached hydrogen (secondary N) is 1. The molecule has 0 aliphatic carbocycles. The van der Waals surface area contributed by atoms with Crippen molar-refractivity contribution in [3.8, 4) is 0 Å². The number of aryl methyl sites for hydroxylation is 1. The van der Waals surface area contributed by atoms with Crippen LogP contribution < -0.4 is 10.2 Å². The molecular formula is C20H19Cl2N3O3S. The number of thiocarbonyl (C=S) groups is 1. The molecule has 9 heteroatoms. The largest absolute Gasteiger partial charge is 0.383 e. The lowest BCUT2D eigenvalue weighted by atomic mass is 10.1. The van der Waals surface area contributed by atoms with Gasteiger partial charge in [0.15, 0.2) is 5.11 Å². The van der Waals surface area contributed by atoms with Crippen LogP contribution in [0.25, 0.3) is 6.08 Å². The lowest BCUT2D eigenvalue weighted by Crippen LogP contribution is -2.54. The average Bonchev–Trinajstić information content (AvgIpc) is 2.92. The Hall–Kier alpha value is -2.19. The lowest BCUT2D eigenvalue weighted by Gasteiger charge is -2.29. The second-order valence-electron chi connectivity index (χ2n) is 6.53. The second-order valence-corrected chi connectivity index (χ2v) is 7.73. The highest BCUT2D eigenvalue weighted by Crippen LogP contribution is 2.30.